The summed E-state index contributed by atoms with van der Waals surface area (Å²) in [6.45, 7) is 2.44. The predicted molar refractivity (Wildman–Crippen MR) is 102 cm³/mol. The molecule has 1 aliphatic heterocycles. The molecule has 1 aliphatic rings. The maximum atomic E-state index is 13.9. The molecule has 2 aromatic rings. The highest BCUT2D eigenvalue weighted by molar-refractivity contribution is 9.10. The van der Waals surface area contributed by atoms with Crippen LogP contribution in [0.1, 0.15) is 18.4 Å². The number of nitrogens with one attached hydrogen (secondary N) is 1. The SMILES string of the molecule is O=C(Nc1ccc(Br)cc1F)C1CCN(Cc2ccccc2Cl)CC1. The molecule has 1 amide bonds. The van der Waals surface area contributed by atoms with Crippen LogP contribution in [0.25, 0.3) is 0 Å². The second-order valence-electron chi connectivity index (χ2n) is 6.26. The Balaban J connectivity index is 1.53. The fraction of sp³-hybridized carbons (Fsp3) is 0.316. The summed E-state index contributed by atoms with van der Waals surface area (Å²) >= 11 is 9.42. The van der Waals surface area contributed by atoms with Crippen LogP contribution in [0.4, 0.5) is 10.1 Å². The number of carbonyl (C=O) groups excluding carboxylic acids is 1. The van der Waals surface area contributed by atoms with Gasteiger partial charge in [-0.1, -0.05) is 45.7 Å². The Labute approximate surface area is 160 Å². The molecule has 0 spiro atoms. The van der Waals surface area contributed by atoms with Crippen molar-refractivity contribution in [2.75, 3.05) is 18.4 Å². The smallest absolute Gasteiger partial charge is 0.227 e. The predicted octanol–water partition coefficient (Wildman–Crippen LogP) is 5.09. The lowest BCUT2D eigenvalue weighted by Gasteiger charge is -2.31. The zero-order chi connectivity index (χ0) is 17.8. The average Bonchev–Trinajstić information content (AvgIpc) is 2.60. The largest absolute Gasteiger partial charge is 0.323 e. The quantitative estimate of drug-likeness (QED) is 0.740. The number of rotatable bonds is 4. The molecule has 0 radical (unpaired) electrons. The zero-order valence-corrected chi connectivity index (χ0v) is 16.0. The maximum Gasteiger partial charge on any atom is 0.227 e. The van der Waals surface area contributed by atoms with Gasteiger partial charge in [-0.05, 0) is 55.8 Å². The molecule has 0 bridgehead atoms. The number of halogens is 3. The summed E-state index contributed by atoms with van der Waals surface area (Å²) in [6.07, 6.45) is 1.52. The van der Waals surface area contributed by atoms with Crippen LogP contribution in [0.5, 0.6) is 0 Å². The van der Waals surface area contributed by atoms with E-state index in [2.05, 4.69) is 26.1 Å². The third kappa shape index (κ3) is 4.81. The van der Waals surface area contributed by atoms with Gasteiger partial charge in [0.05, 0.1) is 5.69 Å². The number of hydrogen-bond acceptors (Lipinski definition) is 2. The number of benzene rings is 2. The summed E-state index contributed by atoms with van der Waals surface area (Å²) in [4.78, 5) is 14.7. The van der Waals surface area contributed by atoms with Gasteiger partial charge in [-0.25, -0.2) is 4.39 Å². The fourth-order valence-corrected chi connectivity index (χ4v) is 3.58. The Hall–Kier alpha value is -1.43. The minimum Gasteiger partial charge on any atom is -0.323 e. The van der Waals surface area contributed by atoms with Gasteiger partial charge in [0.1, 0.15) is 5.82 Å². The van der Waals surface area contributed by atoms with Crippen molar-refractivity contribution < 1.29 is 9.18 Å². The van der Waals surface area contributed by atoms with Crippen LogP contribution in [0, 0.1) is 11.7 Å². The van der Waals surface area contributed by atoms with Crippen LogP contribution in [-0.2, 0) is 11.3 Å². The molecule has 1 heterocycles. The Morgan fingerprint density at radius 2 is 1.96 bits per heavy atom. The molecule has 1 N–H and O–H groups in total. The van der Waals surface area contributed by atoms with E-state index in [4.69, 9.17) is 11.6 Å². The molecule has 0 atom stereocenters. The van der Waals surface area contributed by atoms with Crippen molar-refractivity contribution in [2.45, 2.75) is 19.4 Å². The molecular weight excluding hydrogens is 407 g/mol. The van der Waals surface area contributed by atoms with Gasteiger partial charge < -0.3 is 5.32 Å². The van der Waals surface area contributed by atoms with E-state index in [0.29, 0.717) is 4.47 Å². The number of piperidine rings is 1. The van der Waals surface area contributed by atoms with Crippen LogP contribution in [0.3, 0.4) is 0 Å². The van der Waals surface area contributed by atoms with Crippen LogP contribution in [-0.4, -0.2) is 23.9 Å². The van der Waals surface area contributed by atoms with Crippen LogP contribution < -0.4 is 5.32 Å². The van der Waals surface area contributed by atoms with Crippen LogP contribution in [0.15, 0.2) is 46.9 Å². The maximum absolute atomic E-state index is 13.9. The van der Waals surface area contributed by atoms with Crippen LogP contribution in [0.2, 0.25) is 5.02 Å². The third-order valence-electron chi connectivity index (χ3n) is 4.50. The molecule has 0 unspecified atom stereocenters. The lowest BCUT2D eigenvalue weighted by molar-refractivity contribution is -0.121. The first-order valence-electron chi connectivity index (χ1n) is 8.24. The van der Waals surface area contributed by atoms with E-state index in [1.165, 1.54) is 6.07 Å². The van der Waals surface area contributed by atoms with E-state index < -0.39 is 5.82 Å². The monoisotopic (exact) mass is 424 g/mol. The van der Waals surface area contributed by atoms with Gasteiger partial charge in [0.25, 0.3) is 0 Å². The van der Waals surface area contributed by atoms with E-state index >= 15 is 0 Å². The molecule has 132 valence electrons. The Kier molecular flexibility index (Phi) is 6.10. The van der Waals surface area contributed by atoms with Gasteiger partial charge in [-0.3, -0.25) is 9.69 Å². The van der Waals surface area contributed by atoms with Crippen molar-refractivity contribution >= 4 is 39.1 Å². The molecular formula is C19H19BrClFN2O. The van der Waals surface area contributed by atoms with E-state index in [1.54, 1.807) is 12.1 Å². The van der Waals surface area contributed by atoms with Crippen molar-refractivity contribution in [1.29, 1.82) is 0 Å². The summed E-state index contributed by atoms with van der Waals surface area (Å²) in [6, 6.07) is 12.5. The fourth-order valence-electron chi connectivity index (χ4n) is 3.05. The van der Waals surface area contributed by atoms with Crippen molar-refractivity contribution in [3.8, 4) is 0 Å². The summed E-state index contributed by atoms with van der Waals surface area (Å²) < 4.78 is 14.5. The highest BCUT2D eigenvalue weighted by Crippen LogP contribution is 2.25. The van der Waals surface area contributed by atoms with E-state index in [9.17, 15) is 9.18 Å². The summed E-state index contributed by atoms with van der Waals surface area (Å²) in [5, 5.41) is 3.48. The van der Waals surface area contributed by atoms with Gasteiger partial charge in [0.2, 0.25) is 5.91 Å². The minimum atomic E-state index is -0.432. The van der Waals surface area contributed by atoms with Gasteiger partial charge in [0, 0.05) is 22.0 Å². The highest BCUT2D eigenvalue weighted by Gasteiger charge is 2.25. The van der Waals surface area contributed by atoms with Crippen LogP contribution >= 0.6 is 27.5 Å². The number of hydrogen-bond donors (Lipinski definition) is 1. The lowest BCUT2D eigenvalue weighted by Crippen LogP contribution is -2.37. The normalized spacial score (nSPS) is 16.0. The Morgan fingerprint density at radius 3 is 2.64 bits per heavy atom. The Bertz CT molecular complexity index is 763. The van der Waals surface area contributed by atoms with Gasteiger partial charge in [0.15, 0.2) is 0 Å². The van der Waals surface area contributed by atoms with Crippen molar-refractivity contribution in [1.82, 2.24) is 4.90 Å². The number of carbonyl (C=O) groups is 1. The first-order chi connectivity index (χ1) is 12.0. The van der Waals surface area contributed by atoms with Crippen molar-refractivity contribution in [2.24, 2.45) is 5.92 Å². The second-order valence-corrected chi connectivity index (χ2v) is 7.58. The average molecular weight is 426 g/mol. The number of nitrogens with zero attached hydrogens (tertiary/aromatic N) is 1. The highest BCUT2D eigenvalue weighted by atomic mass is 79.9. The first-order valence-corrected chi connectivity index (χ1v) is 9.41. The number of anilines is 1. The first kappa shape index (κ1) is 18.4. The molecule has 0 aromatic heterocycles. The van der Waals surface area contributed by atoms with E-state index in [-0.39, 0.29) is 17.5 Å². The number of likely N-dealkylation sites (tertiary alicyclic amines) is 1. The molecule has 1 fully saturated rings. The van der Waals surface area contributed by atoms with Crippen molar-refractivity contribution in [3.05, 3.63) is 63.3 Å². The van der Waals surface area contributed by atoms with Crippen molar-refractivity contribution in [3.63, 3.8) is 0 Å². The van der Waals surface area contributed by atoms with Gasteiger partial charge >= 0.3 is 0 Å². The van der Waals surface area contributed by atoms with E-state index in [1.807, 2.05) is 24.3 Å². The molecule has 6 heteroatoms. The minimum absolute atomic E-state index is 0.0921. The Morgan fingerprint density at radius 1 is 1.24 bits per heavy atom. The molecule has 0 aliphatic carbocycles. The van der Waals surface area contributed by atoms with E-state index in [0.717, 1.165) is 43.1 Å². The molecule has 3 rings (SSSR count). The van der Waals surface area contributed by atoms with Gasteiger partial charge in [-0.15, -0.1) is 0 Å². The summed E-state index contributed by atoms with van der Waals surface area (Å²) in [7, 11) is 0. The standard InChI is InChI=1S/C19H19BrClFN2O/c20-15-5-6-18(17(22)11-15)23-19(25)13-7-9-24(10-8-13)12-14-3-1-2-4-16(14)21/h1-6,11,13H,7-10,12H2,(H,23,25). The molecule has 0 saturated carbocycles. The second kappa shape index (κ2) is 8.30. The zero-order valence-electron chi connectivity index (χ0n) is 13.6. The number of amides is 1. The molecule has 25 heavy (non-hydrogen) atoms. The summed E-state index contributed by atoms with van der Waals surface area (Å²) in [5.74, 6) is -0.636. The molecule has 1 saturated heterocycles. The summed E-state index contributed by atoms with van der Waals surface area (Å²) in [5.41, 5.74) is 1.33. The topological polar surface area (TPSA) is 32.3 Å². The molecule has 3 nitrogen and oxygen atoms in total. The third-order valence-corrected chi connectivity index (χ3v) is 5.36. The van der Waals surface area contributed by atoms with Gasteiger partial charge in [-0.2, -0.15) is 0 Å². The molecule has 2 aromatic carbocycles. The lowest BCUT2D eigenvalue weighted by atomic mass is 9.95.